The highest BCUT2D eigenvalue weighted by Gasteiger charge is 2.26. The fourth-order valence-corrected chi connectivity index (χ4v) is 4.61. The molecular weight excluding hydrogens is 456 g/mol. The Morgan fingerprint density at radius 1 is 0.771 bits per heavy atom. The molecule has 0 aliphatic heterocycles. The van der Waals surface area contributed by atoms with Crippen molar-refractivity contribution < 1.29 is 27.0 Å². The van der Waals surface area contributed by atoms with Crippen molar-refractivity contribution in [3.63, 3.8) is 0 Å². The standard InChI is InChI=1S/C29H28F4O2/c1-3-35-25-17-12-21(26(30)29(25)33)9-6-18-4-7-19(8-5-18)23-15-16-24(28(32)27(23)31)20-10-13-22(34-2)14-11-20/h4-9,12,15-17,20,22H,3,10-11,13-14H2,1-2H3/b9-6+. The summed E-state index contributed by atoms with van der Waals surface area (Å²) < 4.78 is 68.7. The van der Waals surface area contributed by atoms with Crippen LogP contribution in [0.1, 0.15) is 55.2 Å². The van der Waals surface area contributed by atoms with Crippen molar-refractivity contribution in [1.82, 2.24) is 0 Å². The second-order valence-corrected chi connectivity index (χ2v) is 8.71. The number of benzene rings is 3. The molecule has 0 unspecified atom stereocenters. The monoisotopic (exact) mass is 484 g/mol. The summed E-state index contributed by atoms with van der Waals surface area (Å²) in [6, 6.07) is 12.9. The van der Waals surface area contributed by atoms with E-state index in [0.29, 0.717) is 16.7 Å². The quantitative estimate of drug-likeness (QED) is 0.249. The maximum absolute atomic E-state index is 15.0. The van der Waals surface area contributed by atoms with Crippen molar-refractivity contribution >= 4 is 12.2 Å². The Kier molecular flexibility index (Phi) is 7.91. The van der Waals surface area contributed by atoms with Crippen LogP contribution in [0.15, 0.2) is 48.5 Å². The Bertz CT molecular complexity index is 1200. The van der Waals surface area contributed by atoms with Crippen LogP contribution < -0.4 is 4.74 Å². The first-order chi connectivity index (χ1) is 16.9. The van der Waals surface area contributed by atoms with E-state index in [9.17, 15) is 17.6 Å². The van der Waals surface area contributed by atoms with Gasteiger partial charge < -0.3 is 9.47 Å². The van der Waals surface area contributed by atoms with Crippen molar-refractivity contribution in [3.05, 3.63) is 88.5 Å². The van der Waals surface area contributed by atoms with Crippen molar-refractivity contribution in [2.45, 2.75) is 44.6 Å². The minimum absolute atomic E-state index is 0.00898. The lowest BCUT2D eigenvalue weighted by atomic mass is 9.82. The van der Waals surface area contributed by atoms with Gasteiger partial charge >= 0.3 is 0 Å². The van der Waals surface area contributed by atoms with Gasteiger partial charge in [0.1, 0.15) is 0 Å². The number of ether oxygens (including phenoxy) is 2. The van der Waals surface area contributed by atoms with Gasteiger partial charge in [0.2, 0.25) is 5.82 Å². The fraction of sp³-hybridized carbons (Fsp3) is 0.310. The normalized spacial score (nSPS) is 18.2. The van der Waals surface area contributed by atoms with E-state index < -0.39 is 23.3 Å². The minimum atomic E-state index is -1.03. The van der Waals surface area contributed by atoms with Crippen LogP contribution in [0.25, 0.3) is 23.3 Å². The zero-order valence-electron chi connectivity index (χ0n) is 19.8. The van der Waals surface area contributed by atoms with E-state index in [2.05, 4.69) is 0 Å². The maximum Gasteiger partial charge on any atom is 0.201 e. The van der Waals surface area contributed by atoms with Gasteiger partial charge in [-0.2, -0.15) is 4.39 Å². The van der Waals surface area contributed by atoms with Crippen LogP contribution in [-0.4, -0.2) is 19.8 Å². The summed E-state index contributed by atoms with van der Waals surface area (Å²) in [6.45, 7) is 1.93. The predicted molar refractivity (Wildman–Crippen MR) is 130 cm³/mol. The summed E-state index contributed by atoms with van der Waals surface area (Å²) in [5.41, 5.74) is 1.93. The van der Waals surface area contributed by atoms with Gasteiger partial charge in [0.25, 0.3) is 0 Å². The third kappa shape index (κ3) is 5.43. The summed E-state index contributed by atoms with van der Waals surface area (Å²) in [5.74, 6) is -3.80. The first-order valence-corrected chi connectivity index (χ1v) is 11.8. The average molecular weight is 485 g/mol. The average Bonchev–Trinajstić information content (AvgIpc) is 2.88. The Morgan fingerprint density at radius 2 is 1.49 bits per heavy atom. The Balaban J connectivity index is 1.50. The molecule has 1 saturated carbocycles. The van der Waals surface area contributed by atoms with Crippen LogP contribution >= 0.6 is 0 Å². The van der Waals surface area contributed by atoms with E-state index in [1.807, 2.05) is 0 Å². The molecule has 0 saturated heterocycles. The molecule has 0 spiro atoms. The van der Waals surface area contributed by atoms with Crippen molar-refractivity contribution in [2.24, 2.45) is 0 Å². The third-order valence-electron chi connectivity index (χ3n) is 6.61. The molecule has 1 aliphatic rings. The molecule has 184 valence electrons. The van der Waals surface area contributed by atoms with E-state index in [0.717, 1.165) is 25.7 Å². The molecule has 35 heavy (non-hydrogen) atoms. The number of hydrogen-bond acceptors (Lipinski definition) is 2. The van der Waals surface area contributed by atoms with Crippen LogP contribution in [0.4, 0.5) is 17.6 Å². The molecule has 0 amide bonds. The Hall–Kier alpha value is -3.12. The SMILES string of the molecule is CCOc1ccc(/C=C/c2ccc(-c3ccc(C4CCC(OC)CC4)c(F)c3F)cc2)c(F)c1F. The molecule has 0 N–H and O–H groups in total. The van der Waals surface area contributed by atoms with Gasteiger partial charge in [0, 0.05) is 18.2 Å². The van der Waals surface area contributed by atoms with Crippen LogP contribution in [0, 0.1) is 23.3 Å². The van der Waals surface area contributed by atoms with Crippen LogP contribution in [0.2, 0.25) is 0 Å². The van der Waals surface area contributed by atoms with Gasteiger partial charge in [-0.25, -0.2) is 13.2 Å². The number of rotatable bonds is 7. The zero-order valence-corrected chi connectivity index (χ0v) is 19.8. The second-order valence-electron chi connectivity index (χ2n) is 8.71. The molecule has 0 bridgehead atoms. The first-order valence-electron chi connectivity index (χ1n) is 11.8. The van der Waals surface area contributed by atoms with Crippen molar-refractivity contribution in [2.75, 3.05) is 13.7 Å². The molecule has 0 radical (unpaired) electrons. The molecule has 2 nitrogen and oxygen atoms in total. The summed E-state index contributed by atoms with van der Waals surface area (Å²) in [7, 11) is 1.68. The van der Waals surface area contributed by atoms with E-state index in [-0.39, 0.29) is 35.5 Å². The van der Waals surface area contributed by atoms with Crippen molar-refractivity contribution in [3.8, 4) is 16.9 Å². The molecule has 4 rings (SSSR count). The highest BCUT2D eigenvalue weighted by molar-refractivity contribution is 5.73. The highest BCUT2D eigenvalue weighted by atomic mass is 19.2. The molecule has 0 atom stereocenters. The number of hydrogen-bond donors (Lipinski definition) is 0. The number of methoxy groups -OCH3 is 1. The van der Waals surface area contributed by atoms with Crippen LogP contribution in [0.3, 0.4) is 0 Å². The summed E-state index contributed by atoms with van der Waals surface area (Å²) in [4.78, 5) is 0. The van der Waals surface area contributed by atoms with E-state index in [1.54, 1.807) is 56.5 Å². The lowest BCUT2D eigenvalue weighted by Gasteiger charge is -2.28. The fourth-order valence-electron chi connectivity index (χ4n) is 4.61. The van der Waals surface area contributed by atoms with Gasteiger partial charge in [0.05, 0.1) is 12.7 Å². The molecular formula is C29H28F4O2. The van der Waals surface area contributed by atoms with E-state index in [4.69, 9.17) is 9.47 Å². The summed E-state index contributed by atoms with van der Waals surface area (Å²) in [5, 5.41) is 0. The lowest BCUT2D eigenvalue weighted by Crippen LogP contribution is -2.20. The first kappa shape index (κ1) is 25.0. The van der Waals surface area contributed by atoms with Crippen LogP contribution in [-0.2, 0) is 4.74 Å². The topological polar surface area (TPSA) is 18.5 Å². The molecule has 6 heteroatoms. The lowest BCUT2D eigenvalue weighted by molar-refractivity contribution is 0.0655. The third-order valence-corrected chi connectivity index (χ3v) is 6.61. The van der Waals surface area contributed by atoms with Gasteiger partial charge in [-0.3, -0.25) is 0 Å². The Morgan fingerprint density at radius 3 is 2.14 bits per heavy atom. The van der Waals surface area contributed by atoms with Crippen molar-refractivity contribution in [1.29, 1.82) is 0 Å². The largest absolute Gasteiger partial charge is 0.491 e. The minimum Gasteiger partial charge on any atom is -0.491 e. The smallest absolute Gasteiger partial charge is 0.201 e. The van der Waals surface area contributed by atoms with E-state index in [1.165, 1.54) is 18.2 Å². The predicted octanol–water partition coefficient (Wildman–Crippen LogP) is 8.15. The van der Waals surface area contributed by atoms with Gasteiger partial charge in [-0.1, -0.05) is 48.6 Å². The second kappa shape index (κ2) is 11.1. The molecule has 3 aromatic carbocycles. The molecule has 0 heterocycles. The van der Waals surface area contributed by atoms with Gasteiger partial charge in [-0.05, 0) is 67.3 Å². The van der Waals surface area contributed by atoms with E-state index >= 15 is 0 Å². The van der Waals surface area contributed by atoms with Gasteiger partial charge in [0.15, 0.2) is 23.2 Å². The highest BCUT2D eigenvalue weighted by Crippen LogP contribution is 2.37. The zero-order chi connectivity index (χ0) is 24.9. The molecule has 0 aromatic heterocycles. The number of halogens is 4. The van der Waals surface area contributed by atoms with Crippen LogP contribution in [0.5, 0.6) is 5.75 Å². The summed E-state index contributed by atoms with van der Waals surface area (Å²) in [6.07, 6.45) is 6.49. The maximum atomic E-state index is 15.0. The molecule has 1 fully saturated rings. The molecule has 1 aliphatic carbocycles. The van der Waals surface area contributed by atoms with Gasteiger partial charge in [-0.15, -0.1) is 0 Å². The molecule has 3 aromatic rings. The Labute approximate surface area is 203 Å². The summed E-state index contributed by atoms with van der Waals surface area (Å²) >= 11 is 0.